The van der Waals surface area contributed by atoms with Crippen LogP contribution in [-0.4, -0.2) is 33.2 Å². The van der Waals surface area contributed by atoms with Gasteiger partial charge in [0.2, 0.25) is 0 Å². The highest BCUT2D eigenvalue weighted by Crippen LogP contribution is 2.11. The lowest BCUT2D eigenvalue weighted by molar-refractivity contribution is -0.141. The summed E-state index contributed by atoms with van der Waals surface area (Å²) in [4.78, 5) is 11.2. The van der Waals surface area contributed by atoms with Gasteiger partial charge >= 0.3 is 15.3 Å². The lowest BCUT2D eigenvalue weighted by Gasteiger charge is -2.26. The lowest BCUT2D eigenvalue weighted by Crippen LogP contribution is -2.43. The van der Waals surface area contributed by atoms with Crippen molar-refractivity contribution in [3.63, 3.8) is 0 Å². The Hall–Kier alpha value is -0.653. The van der Waals surface area contributed by atoms with E-state index in [4.69, 9.17) is 13.6 Å². The van der Waals surface area contributed by atoms with E-state index in [9.17, 15) is 4.79 Å². The molecule has 0 rings (SSSR count). The fraction of sp³-hybridized carbons (Fsp3) is 0.750. The summed E-state index contributed by atoms with van der Waals surface area (Å²) in [7, 11) is -1.63. The molecule has 0 aromatic carbocycles. The van der Waals surface area contributed by atoms with Crippen LogP contribution in [0.1, 0.15) is 41.0 Å². The molecule has 0 bridgehead atoms. The minimum atomic E-state index is -1.63. The van der Waals surface area contributed by atoms with Crippen molar-refractivity contribution >= 4 is 15.3 Å². The number of ether oxygens (including phenoxy) is 1. The van der Waals surface area contributed by atoms with Crippen LogP contribution in [-0.2, 0) is 18.4 Å². The summed E-state index contributed by atoms with van der Waals surface area (Å²) in [5, 5.41) is 0. The second kappa shape index (κ2) is 8.44. The van der Waals surface area contributed by atoms with Crippen molar-refractivity contribution in [3.05, 3.63) is 12.7 Å². The highest BCUT2D eigenvalue weighted by Gasteiger charge is 2.32. The molecule has 17 heavy (non-hydrogen) atoms. The maximum atomic E-state index is 11.2. The van der Waals surface area contributed by atoms with Crippen molar-refractivity contribution in [1.82, 2.24) is 0 Å². The number of rotatable bonds is 8. The summed E-state index contributed by atoms with van der Waals surface area (Å²) < 4.78 is 16.7. The smallest absolute Gasteiger partial charge is 0.430 e. The van der Waals surface area contributed by atoms with Crippen molar-refractivity contribution in [3.8, 4) is 0 Å². The van der Waals surface area contributed by atoms with E-state index in [1.807, 2.05) is 34.6 Å². The summed E-state index contributed by atoms with van der Waals surface area (Å²) in [5.74, 6) is -0.431. The molecule has 1 unspecified atom stereocenters. The van der Waals surface area contributed by atoms with Gasteiger partial charge in [-0.3, -0.25) is 0 Å². The predicted molar refractivity (Wildman–Crippen MR) is 68.6 cm³/mol. The number of hydrogen-bond acceptors (Lipinski definition) is 4. The molecule has 0 aliphatic rings. The Morgan fingerprint density at radius 2 is 1.71 bits per heavy atom. The number of carbonyl (C=O) groups excluding carboxylic acids is 1. The van der Waals surface area contributed by atoms with Gasteiger partial charge in [-0.25, -0.2) is 4.79 Å². The minimum absolute atomic E-state index is 0.0547. The van der Waals surface area contributed by atoms with Crippen LogP contribution in [0.4, 0.5) is 0 Å². The number of esters is 1. The van der Waals surface area contributed by atoms with Gasteiger partial charge in [0.1, 0.15) is 5.73 Å². The molecule has 0 aromatic heterocycles. The summed E-state index contributed by atoms with van der Waals surface area (Å²) in [5.41, 5.74) is -0.310. The van der Waals surface area contributed by atoms with Crippen LogP contribution in [0.25, 0.3) is 0 Å². The topological polar surface area (TPSA) is 44.8 Å². The molecule has 99 valence electrons. The van der Waals surface area contributed by atoms with Gasteiger partial charge in [-0.2, -0.15) is 0 Å². The zero-order chi connectivity index (χ0) is 13.4. The van der Waals surface area contributed by atoms with E-state index in [0.29, 0.717) is 6.42 Å². The summed E-state index contributed by atoms with van der Waals surface area (Å²) >= 11 is 0. The highest BCUT2D eigenvalue weighted by atomic mass is 28.3. The van der Waals surface area contributed by atoms with E-state index in [1.54, 1.807) is 0 Å². The molecule has 4 nitrogen and oxygen atoms in total. The Balaban J connectivity index is 4.58. The average Bonchev–Trinajstić information content (AvgIpc) is 2.23. The van der Waals surface area contributed by atoms with E-state index in [0.717, 1.165) is 6.08 Å². The van der Waals surface area contributed by atoms with Gasteiger partial charge in [0.05, 0.1) is 0 Å². The molecule has 0 fully saturated rings. The van der Waals surface area contributed by atoms with Gasteiger partial charge in [-0.05, 0) is 34.1 Å². The second-order valence-corrected chi connectivity index (χ2v) is 5.94. The molecule has 0 amide bonds. The van der Waals surface area contributed by atoms with Crippen LogP contribution in [0.5, 0.6) is 0 Å². The molecule has 0 saturated heterocycles. The monoisotopic (exact) mass is 259 g/mol. The highest BCUT2D eigenvalue weighted by molar-refractivity contribution is 6.46. The van der Waals surface area contributed by atoms with E-state index in [1.165, 1.54) is 0 Å². The van der Waals surface area contributed by atoms with Gasteiger partial charge in [0, 0.05) is 18.3 Å². The molecule has 0 heterocycles. The number of hydrogen-bond donors (Lipinski definition) is 0. The van der Waals surface area contributed by atoms with Crippen molar-refractivity contribution in [1.29, 1.82) is 0 Å². The summed E-state index contributed by atoms with van der Waals surface area (Å²) in [6.07, 6.45) is 1.94. The van der Waals surface area contributed by atoms with Gasteiger partial charge in [-0.1, -0.05) is 13.5 Å². The summed E-state index contributed by atoms with van der Waals surface area (Å²) in [6, 6.07) is 0. The van der Waals surface area contributed by atoms with Crippen molar-refractivity contribution in [2.24, 2.45) is 0 Å². The fourth-order valence-corrected chi connectivity index (χ4v) is 2.96. The average molecular weight is 259 g/mol. The van der Waals surface area contributed by atoms with Gasteiger partial charge in [0.25, 0.3) is 0 Å². The van der Waals surface area contributed by atoms with Gasteiger partial charge in [0.15, 0.2) is 0 Å². The SMILES string of the molecule is C=CC(=O)OC(CC)[Si](OC(C)C)OC(C)C. The van der Waals surface area contributed by atoms with Gasteiger partial charge in [-0.15, -0.1) is 0 Å². The lowest BCUT2D eigenvalue weighted by atomic mass is 10.5. The van der Waals surface area contributed by atoms with Crippen LogP contribution in [0.3, 0.4) is 0 Å². The molecular formula is C12H23O4Si. The van der Waals surface area contributed by atoms with Crippen LogP contribution < -0.4 is 0 Å². The second-order valence-electron chi connectivity index (χ2n) is 4.19. The van der Waals surface area contributed by atoms with Crippen molar-refractivity contribution in [2.45, 2.75) is 59.0 Å². The Kier molecular flexibility index (Phi) is 8.12. The first-order valence-corrected chi connectivity index (χ1v) is 7.33. The molecule has 0 saturated carbocycles. The molecule has 0 aromatic rings. The Morgan fingerprint density at radius 3 is 2.00 bits per heavy atom. The first-order chi connectivity index (χ1) is 7.90. The molecule has 0 aliphatic carbocycles. The Morgan fingerprint density at radius 1 is 1.24 bits per heavy atom. The molecule has 0 N–H and O–H groups in total. The first-order valence-electron chi connectivity index (χ1n) is 5.93. The molecule has 1 radical (unpaired) electrons. The third-order valence-corrected chi connectivity index (χ3v) is 4.22. The molecule has 1 atom stereocenters. The standard InChI is InChI=1S/C12H23O4Si/c1-7-11(13)14-12(8-2)17(15-9(3)4)16-10(5)6/h7,9-10,12H,1,8H2,2-6H3. The zero-order valence-corrected chi connectivity index (χ0v) is 12.4. The van der Waals surface area contributed by atoms with Crippen molar-refractivity contribution in [2.75, 3.05) is 0 Å². The third kappa shape index (κ3) is 7.30. The molecule has 5 heteroatoms. The van der Waals surface area contributed by atoms with E-state index < -0.39 is 15.3 Å². The van der Waals surface area contributed by atoms with Gasteiger partial charge < -0.3 is 13.6 Å². The molecule has 0 aliphatic heterocycles. The van der Waals surface area contributed by atoms with Crippen LogP contribution in [0.15, 0.2) is 12.7 Å². The van der Waals surface area contributed by atoms with Crippen LogP contribution in [0.2, 0.25) is 0 Å². The maximum absolute atomic E-state index is 11.2. The first kappa shape index (κ1) is 16.3. The largest absolute Gasteiger partial charge is 0.457 e. The quantitative estimate of drug-likeness (QED) is 0.381. The maximum Gasteiger partial charge on any atom is 0.430 e. The van der Waals surface area contributed by atoms with E-state index in [2.05, 4.69) is 6.58 Å². The molecular weight excluding hydrogens is 236 g/mol. The predicted octanol–water partition coefficient (Wildman–Crippen LogP) is 2.37. The fourth-order valence-electron chi connectivity index (χ4n) is 1.13. The minimum Gasteiger partial charge on any atom is -0.457 e. The summed E-state index contributed by atoms with van der Waals surface area (Å²) in [6.45, 7) is 13.1. The molecule has 0 spiro atoms. The Bertz CT molecular complexity index is 231. The van der Waals surface area contributed by atoms with Crippen LogP contribution in [0, 0.1) is 0 Å². The number of carbonyl (C=O) groups is 1. The Labute approximate surface area is 106 Å². The van der Waals surface area contributed by atoms with E-state index in [-0.39, 0.29) is 17.9 Å². The normalized spacial score (nSPS) is 13.2. The zero-order valence-electron chi connectivity index (χ0n) is 11.4. The van der Waals surface area contributed by atoms with Crippen molar-refractivity contribution < 1.29 is 18.4 Å². The van der Waals surface area contributed by atoms with E-state index >= 15 is 0 Å². The van der Waals surface area contributed by atoms with Crippen LogP contribution >= 0.6 is 0 Å². The third-order valence-electron chi connectivity index (χ3n) is 1.76.